The Morgan fingerprint density at radius 3 is 1.88 bits per heavy atom. The molecule has 14 heteroatoms. The highest BCUT2D eigenvalue weighted by Crippen LogP contribution is 2.48. The lowest BCUT2D eigenvalue weighted by atomic mass is 10.1. The first-order valence-corrected chi connectivity index (χ1v) is 12.0. The van der Waals surface area contributed by atoms with Crippen molar-refractivity contribution in [2.24, 2.45) is 0 Å². The van der Waals surface area contributed by atoms with E-state index in [2.05, 4.69) is 4.74 Å². The minimum Gasteiger partial charge on any atom is -0.516 e. The van der Waals surface area contributed by atoms with Gasteiger partial charge in [-0.1, -0.05) is 32.4 Å². The fraction of sp³-hybridized carbons (Fsp3) is 0.556. The van der Waals surface area contributed by atoms with Gasteiger partial charge in [-0.15, -0.1) is 0 Å². The number of halogens is 8. The lowest BCUT2D eigenvalue weighted by Crippen LogP contribution is -2.57. The number of ether oxygens (including phenoxy) is 2. The number of carbonyl (C=O) groups excluding carboxylic acids is 2. The third kappa shape index (κ3) is 5.30. The van der Waals surface area contributed by atoms with Crippen LogP contribution in [0.4, 0.5) is 30.7 Å². The Hall–Kier alpha value is -2.02. The van der Waals surface area contributed by atoms with Crippen LogP contribution < -0.4 is 9.47 Å². The summed E-state index contributed by atoms with van der Waals surface area (Å²) in [4.78, 5) is 24.0. The molecule has 0 saturated carbocycles. The van der Waals surface area contributed by atoms with Gasteiger partial charge in [0.1, 0.15) is 0 Å². The minimum atomic E-state index is -6.74. The Labute approximate surface area is 184 Å². The van der Waals surface area contributed by atoms with Crippen LogP contribution in [0, 0.1) is 0 Å². The van der Waals surface area contributed by atoms with Crippen molar-refractivity contribution >= 4 is 31.9 Å². The predicted molar refractivity (Wildman–Crippen MR) is 102 cm³/mol. The maximum atomic E-state index is 13.6. The first-order valence-electron chi connectivity index (χ1n) is 8.75. The summed E-state index contributed by atoms with van der Waals surface area (Å²) in [6, 6.07) is 1.66. The van der Waals surface area contributed by atoms with E-state index < -0.39 is 54.8 Å². The summed E-state index contributed by atoms with van der Waals surface area (Å²) in [7, 11) is -1.68. The summed E-state index contributed by atoms with van der Waals surface area (Å²) in [5, 5.41) is -1.12. The fourth-order valence-corrected chi connectivity index (χ4v) is 2.98. The minimum absolute atomic E-state index is 0.260. The number of methoxy groups -OCH3 is 1. The number of alkyl halides is 7. The molecule has 0 aromatic heterocycles. The standard InChI is InChI=1S/C18H20ClF7O5Si/c1-15(2,3)32(5,6)31-13(27)9-7-10(19)12(11(8-9)29-4)30-14(28)16(20,21)17(22,23)18(24,25)26/h7-8H,1-6H3. The first kappa shape index (κ1) is 28.0. The van der Waals surface area contributed by atoms with Crippen LogP contribution in [0.3, 0.4) is 0 Å². The van der Waals surface area contributed by atoms with Crippen molar-refractivity contribution in [3.05, 3.63) is 22.7 Å². The lowest BCUT2D eigenvalue weighted by Gasteiger charge is -2.35. The number of hydrogen-bond acceptors (Lipinski definition) is 5. The number of hydrogen-bond donors (Lipinski definition) is 0. The third-order valence-electron chi connectivity index (χ3n) is 4.82. The SMILES string of the molecule is COc1cc(C(=O)O[Si](C)(C)C(C)(C)C)cc(Cl)c1OC(=O)C(F)(F)C(F)(F)C(F)(F)F. The second kappa shape index (κ2) is 8.73. The van der Waals surface area contributed by atoms with Gasteiger partial charge in [0, 0.05) is 0 Å². The van der Waals surface area contributed by atoms with E-state index in [-0.39, 0.29) is 10.6 Å². The van der Waals surface area contributed by atoms with Crippen molar-refractivity contribution in [1.82, 2.24) is 0 Å². The van der Waals surface area contributed by atoms with Crippen molar-refractivity contribution in [2.45, 2.75) is 56.9 Å². The largest absolute Gasteiger partial charge is 0.516 e. The average Bonchev–Trinajstić information content (AvgIpc) is 2.60. The zero-order chi connectivity index (χ0) is 25.5. The molecule has 0 amide bonds. The summed E-state index contributed by atoms with van der Waals surface area (Å²) >= 11 is 5.81. The van der Waals surface area contributed by atoms with E-state index >= 15 is 0 Å². The van der Waals surface area contributed by atoms with Crippen LogP contribution in [-0.4, -0.2) is 45.4 Å². The predicted octanol–water partition coefficient (Wildman–Crippen LogP) is 6.25. The van der Waals surface area contributed by atoms with Crippen LogP contribution in [0.25, 0.3) is 0 Å². The second-order valence-corrected chi connectivity index (χ2v) is 13.3. The molecule has 32 heavy (non-hydrogen) atoms. The monoisotopic (exact) mass is 512 g/mol. The van der Waals surface area contributed by atoms with Crippen molar-refractivity contribution in [1.29, 1.82) is 0 Å². The Kier molecular flexibility index (Phi) is 7.64. The van der Waals surface area contributed by atoms with Gasteiger partial charge in [-0.25, -0.2) is 9.59 Å². The molecule has 0 radical (unpaired) electrons. The van der Waals surface area contributed by atoms with E-state index in [1.54, 1.807) is 13.1 Å². The van der Waals surface area contributed by atoms with Crippen molar-refractivity contribution in [3.63, 3.8) is 0 Å². The molecule has 0 atom stereocenters. The Bertz CT molecular complexity index is 895. The molecule has 0 heterocycles. The molecule has 0 saturated heterocycles. The Morgan fingerprint density at radius 1 is 0.969 bits per heavy atom. The Balaban J connectivity index is 3.32. The normalized spacial score (nSPS) is 13.6. The van der Waals surface area contributed by atoms with Crippen LogP contribution >= 0.6 is 11.6 Å². The number of carbonyl (C=O) groups is 2. The third-order valence-corrected chi connectivity index (χ3v) is 9.41. The van der Waals surface area contributed by atoms with Gasteiger partial charge in [-0.2, -0.15) is 30.7 Å². The lowest BCUT2D eigenvalue weighted by molar-refractivity contribution is -0.346. The van der Waals surface area contributed by atoms with Crippen LogP contribution in [0.5, 0.6) is 11.5 Å². The van der Waals surface area contributed by atoms with E-state index in [9.17, 15) is 40.3 Å². The van der Waals surface area contributed by atoms with Crippen LogP contribution in [0.1, 0.15) is 31.1 Å². The molecule has 0 spiro atoms. The second-order valence-electron chi connectivity index (χ2n) is 8.18. The van der Waals surface area contributed by atoms with Gasteiger partial charge in [0.2, 0.25) is 0 Å². The number of benzene rings is 1. The average molecular weight is 513 g/mol. The number of rotatable bonds is 6. The molecule has 0 aliphatic rings. The summed E-state index contributed by atoms with van der Waals surface area (Å²) < 4.78 is 104. The first-order chi connectivity index (χ1) is 14.1. The molecular weight excluding hydrogens is 493 g/mol. The van der Waals surface area contributed by atoms with Gasteiger partial charge < -0.3 is 13.9 Å². The molecule has 0 unspecified atom stereocenters. The van der Waals surface area contributed by atoms with Gasteiger partial charge in [-0.05, 0) is 30.3 Å². The molecule has 0 aliphatic heterocycles. The topological polar surface area (TPSA) is 61.8 Å². The highest BCUT2D eigenvalue weighted by atomic mass is 35.5. The summed E-state index contributed by atoms with van der Waals surface area (Å²) in [5.41, 5.74) is -0.260. The molecular formula is C18H20ClF7O5Si. The smallest absolute Gasteiger partial charge is 0.460 e. The quantitative estimate of drug-likeness (QED) is 0.195. The summed E-state index contributed by atoms with van der Waals surface area (Å²) in [6.07, 6.45) is -6.74. The van der Waals surface area contributed by atoms with Crippen molar-refractivity contribution < 1.29 is 54.2 Å². The van der Waals surface area contributed by atoms with Gasteiger partial charge in [0.15, 0.2) is 11.5 Å². The van der Waals surface area contributed by atoms with Gasteiger partial charge >= 0.3 is 30.0 Å². The van der Waals surface area contributed by atoms with E-state index in [0.29, 0.717) is 0 Å². The van der Waals surface area contributed by atoms with Gasteiger partial charge in [-0.3, -0.25) is 0 Å². The molecule has 0 fully saturated rings. The summed E-state index contributed by atoms with van der Waals surface area (Å²) in [6.45, 7) is 9.05. The van der Waals surface area contributed by atoms with Crippen LogP contribution in [-0.2, 0) is 9.22 Å². The maximum Gasteiger partial charge on any atom is 0.460 e. The van der Waals surface area contributed by atoms with E-state index in [1.165, 1.54) is 0 Å². The highest BCUT2D eigenvalue weighted by molar-refractivity contribution is 6.75. The maximum absolute atomic E-state index is 13.6. The molecule has 0 N–H and O–H groups in total. The van der Waals surface area contributed by atoms with Crippen LogP contribution in [0.15, 0.2) is 12.1 Å². The zero-order valence-electron chi connectivity index (χ0n) is 17.7. The van der Waals surface area contributed by atoms with Crippen molar-refractivity contribution in [2.75, 3.05) is 7.11 Å². The van der Waals surface area contributed by atoms with E-state index in [1.807, 2.05) is 20.8 Å². The fourth-order valence-electron chi connectivity index (χ4n) is 1.84. The van der Waals surface area contributed by atoms with Gasteiger partial charge in [0.05, 0.1) is 17.7 Å². The molecule has 0 aliphatic carbocycles. The highest BCUT2D eigenvalue weighted by Gasteiger charge is 2.77. The summed E-state index contributed by atoms with van der Waals surface area (Å²) in [5.74, 6) is -18.8. The molecule has 0 bridgehead atoms. The molecule has 182 valence electrons. The molecule has 5 nitrogen and oxygen atoms in total. The van der Waals surface area contributed by atoms with Crippen LogP contribution in [0.2, 0.25) is 23.2 Å². The van der Waals surface area contributed by atoms with E-state index in [0.717, 1.165) is 19.2 Å². The zero-order valence-corrected chi connectivity index (χ0v) is 19.5. The molecule has 1 rings (SSSR count). The number of esters is 1. The van der Waals surface area contributed by atoms with Gasteiger partial charge in [0.25, 0.3) is 8.32 Å². The van der Waals surface area contributed by atoms with Crippen molar-refractivity contribution in [3.8, 4) is 11.5 Å². The molecule has 1 aromatic carbocycles. The Morgan fingerprint density at radius 2 is 1.47 bits per heavy atom. The van der Waals surface area contributed by atoms with E-state index in [4.69, 9.17) is 20.8 Å². The molecule has 1 aromatic rings.